The fraction of sp³-hybridized carbons (Fsp3) is 0.714. The van der Waals surface area contributed by atoms with Crippen LogP contribution in [0.15, 0.2) is 12.3 Å². The van der Waals surface area contributed by atoms with Gasteiger partial charge in [-0.05, 0) is 0 Å². The molecule has 0 atom stereocenters. The molecule has 0 aliphatic rings. The van der Waals surface area contributed by atoms with Crippen LogP contribution in [0.4, 0.5) is 0 Å². The van der Waals surface area contributed by atoms with Gasteiger partial charge >= 0.3 is 0 Å². The van der Waals surface area contributed by atoms with Gasteiger partial charge in [-0.25, -0.2) is 0 Å². The van der Waals surface area contributed by atoms with Crippen molar-refractivity contribution in [2.24, 2.45) is 0 Å². The minimum atomic E-state index is -1.03. The largest absolute Gasteiger partial charge is 0.400 e. The fourth-order valence-electron chi connectivity index (χ4n) is 0.794. The molecule has 0 aliphatic carbocycles. The highest BCUT2D eigenvalue weighted by molar-refractivity contribution is 6.82. The Labute approximate surface area is 67.0 Å². The summed E-state index contributed by atoms with van der Waals surface area (Å²) in [5.41, 5.74) is 2.14. The first-order valence-corrected chi connectivity index (χ1v) is 9.15. The second kappa shape index (κ2) is 4.87. The van der Waals surface area contributed by atoms with Crippen molar-refractivity contribution < 1.29 is 5.11 Å². The van der Waals surface area contributed by atoms with Crippen molar-refractivity contribution in [1.29, 1.82) is 0 Å². The summed E-state index contributed by atoms with van der Waals surface area (Å²) in [7, 11) is -1.15. The van der Waals surface area contributed by atoms with Crippen molar-refractivity contribution in [3.8, 4) is 0 Å². The van der Waals surface area contributed by atoms with Gasteiger partial charge in [-0.1, -0.05) is 25.2 Å². The van der Waals surface area contributed by atoms with Crippen molar-refractivity contribution in [3.63, 3.8) is 0 Å². The van der Waals surface area contributed by atoms with Crippen molar-refractivity contribution in [2.75, 3.05) is 6.23 Å². The average molecular weight is 174 g/mol. The van der Waals surface area contributed by atoms with E-state index in [4.69, 9.17) is 5.11 Å². The van der Waals surface area contributed by atoms with E-state index >= 15 is 0 Å². The third-order valence-electron chi connectivity index (χ3n) is 1.78. The maximum absolute atomic E-state index is 8.59. The van der Waals surface area contributed by atoms with E-state index in [1.165, 1.54) is 12.1 Å². The van der Waals surface area contributed by atoms with Gasteiger partial charge in [-0.2, -0.15) is 0 Å². The molecule has 10 heavy (non-hydrogen) atoms. The lowest BCUT2D eigenvalue weighted by Gasteiger charge is -2.15. The molecule has 60 valence electrons. The van der Waals surface area contributed by atoms with Crippen LogP contribution >= 0.6 is 0 Å². The van der Waals surface area contributed by atoms with E-state index in [2.05, 4.69) is 25.4 Å². The Morgan fingerprint density at radius 1 is 1.60 bits per heavy atom. The molecule has 0 spiro atoms. The Hall–Kier alpha value is 0.134. The summed E-state index contributed by atoms with van der Waals surface area (Å²) in [5, 5.41) is 8.59. The molecule has 0 aromatic carbocycles. The molecule has 0 fully saturated rings. The van der Waals surface area contributed by atoms with Crippen molar-refractivity contribution >= 4 is 17.6 Å². The quantitative estimate of drug-likeness (QED) is 0.486. The van der Waals surface area contributed by atoms with Gasteiger partial charge in [0.15, 0.2) is 0 Å². The monoisotopic (exact) mass is 174 g/mol. The zero-order valence-electron chi connectivity index (χ0n) is 7.06. The summed E-state index contributed by atoms with van der Waals surface area (Å²) in [6.45, 7) is 8.48. The lowest BCUT2D eigenvalue weighted by molar-refractivity contribution is 0.366. The molecule has 0 aliphatic heterocycles. The highest BCUT2D eigenvalue weighted by atomic mass is 28.3. The highest BCUT2D eigenvalue weighted by Gasteiger charge is 2.14. The zero-order chi connectivity index (χ0) is 8.04. The van der Waals surface area contributed by atoms with Crippen molar-refractivity contribution in [3.05, 3.63) is 12.3 Å². The standard InChI is InChI=1S/C7H18OSi2/c1-4-10(2,3)6-5-9-7-8/h4,8H,1,5-7,9H2,2-3H3. The van der Waals surface area contributed by atoms with Crippen LogP contribution in [-0.2, 0) is 0 Å². The molecule has 3 heteroatoms. The first-order valence-electron chi connectivity index (χ1n) is 3.87. The molecule has 0 radical (unpaired) electrons. The maximum atomic E-state index is 8.59. The Morgan fingerprint density at radius 2 is 2.20 bits per heavy atom. The van der Waals surface area contributed by atoms with Gasteiger partial charge < -0.3 is 5.11 Å². The third-order valence-corrected chi connectivity index (χ3v) is 6.41. The van der Waals surface area contributed by atoms with Gasteiger partial charge in [0.2, 0.25) is 0 Å². The smallest absolute Gasteiger partial charge is 0.0706 e. The summed E-state index contributed by atoms with van der Waals surface area (Å²) < 4.78 is 0. The summed E-state index contributed by atoms with van der Waals surface area (Å²) in [6, 6.07) is 2.62. The fourth-order valence-corrected chi connectivity index (χ4v) is 5.87. The minimum absolute atomic E-state index is 0.125. The van der Waals surface area contributed by atoms with E-state index in [-0.39, 0.29) is 9.52 Å². The lowest BCUT2D eigenvalue weighted by Crippen LogP contribution is -2.22. The number of aliphatic hydroxyl groups is 1. The van der Waals surface area contributed by atoms with E-state index < -0.39 is 8.07 Å². The Kier molecular flexibility index (Phi) is 4.94. The number of hydrogen-bond acceptors (Lipinski definition) is 1. The molecular weight excluding hydrogens is 156 g/mol. The number of aliphatic hydroxyl groups excluding tert-OH is 1. The Balaban J connectivity index is 3.37. The number of hydrogen-bond donors (Lipinski definition) is 1. The van der Waals surface area contributed by atoms with Crippen molar-refractivity contribution in [1.82, 2.24) is 0 Å². The second-order valence-electron chi connectivity index (χ2n) is 3.37. The van der Waals surface area contributed by atoms with Gasteiger partial charge in [0.05, 0.1) is 17.6 Å². The van der Waals surface area contributed by atoms with Crippen LogP contribution in [0.1, 0.15) is 0 Å². The van der Waals surface area contributed by atoms with Crippen LogP contribution in [0.5, 0.6) is 0 Å². The van der Waals surface area contributed by atoms with Crippen LogP contribution in [0.25, 0.3) is 0 Å². The Bertz CT molecular complexity index is 102. The van der Waals surface area contributed by atoms with E-state index in [0.717, 1.165) is 0 Å². The molecule has 0 rings (SSSR count). The molecule has 1 N–H and O–H groups in total. The predicted molar refractivity (Wildman–Crippen MR) is 52.9 cm³/mol. The topological polar surface area (TPSA) is 20.2 Å². The molecule has 0 bridgehead atoms. The van der Waals surface area contributed by atoms with Gasteiger partial charge in [0.25, 0.3) is 0 Å². The van der Waals surface area contributed by atoms with E-state index in [1.54, 1.807) is 0 Å². The summed E-state index contributed by atoms with van der Waals surface area (Å²) in [5.74, 6) is 0. The van der Waals surface area contributed by atoms with E-state index in [9.17, 15) is 0 Å². The Morgan fingerprint density at radius 3 is 2.60 bits per heavy atom. The number of rotatable bonds is 5. The van der Waals surface area contributed by atoms with Gasteiger partial charge in [-0.3, -0.25) is 0 Å². The lowest BCUT2D eigenvalue weighted by atomic mass is 10.9. The van der Waals surface area contributed by atoms with E-state index in [0.29, 0.717) is 6.23 Å². The average Bonchev–Trinajstić information content (AvgIpc) is 1.89. The first-order chi connectivity index (χ1) is 4.62. The molecule has 0 unspecified atom stereocenters. The van der Waals surface area contributed by atoms with Crippen LogP contribution in [-0.4, -0.2) is 28.9 Å². The zero-order valence-corrected chi connectivity index (χ0v) is 9.47. The molecule has 0 heterocycles. The van der Waals surface area contributed by atoms with Crippen molar-refractivity contribution in [2.45, 2.75) is 25.2 Å². The van der Waals surface area contributed by atoms with Crippen LogP contribution < -0.4 is 0 Å². The third kappa shape index (κ3) is 4.96. The highest BCUT2D eigenvalue weighted by Crippen LogP contribution is 2.12. The normalized spacial score (nSPS) is 12.7. The van der Waals surface area contributed by atoms with Gasteiger partial charge in [-0.15, -0.1) is 12.3 Å². The van der Waals surface area contributed by atoms with Crippen LogP contribution in [0.2, 0.25) is 25.2 Å². The minimum Gasteiger partial charge on any atom is -0.400 e. The molecule has 0 amide bonds. The van der Waals surface area contributed by atoms with Gasteiger partial charge in [0, 0.05) is 6.23 Å². The molecule has 1 nitrogen and oxygen atoms in total. The SMILES string of the molecule is C=C[Si](C)(C)CC[SiH2]CO. The molecule has 0 aromatic rings. The van der Waals surface area contributed by atoms with Crippen LogP contribution in [0.3, 0.4) is 0 Å². The summed E-state index contributed by atoms with van der Waals surface area (Å²) in [4.78, 5) is 0. The summed E-state index contributed by atoms with van der Waals surface area (Å²) >= 11 is 0. The van der Waals surface area contributed by atoms with Crippen LogP contribution in [0, 0.1) is 0 Å². The second-order valence-corrected chi connectivity index (χ2v) is 10.1. The molecule has 0 saturated heterocycles. The molecule has 0 saturated carbocycles. The predicted octanol–water partition coefficient (Wildman–Crippen LogP) is 0.957. The van der Waals surface area contributed by atoms with Gasteiger partial charge in [0.1, 0.15) is 0 Å². The molecular formula is C7H18OSi2. The van der Waals surface area contributed by atoms with E-state index in [1.807, 2.05) is 0 Å². The maximum Gasteiger partial charge on any atom is 0.0706 e. The summed E-state index contributed by atoms with van der Waals surface area (Å²) in [6.07, 6.45) is 0.474. The molecule has 0 aromatic heterocycles. The first kappa shape index (κ1) is 10.1.